The van der Waals surface area contributed by atoms with Crippen LogP contribution in [0.4, 0.5) is 0 Å². The van der Waals surface area contributed by atoms with Crippen molar-refractivity contribution in [2.24, 2.45) is 0 Å². The molecule has 0 aliphatic rings. The van der Waals surface area contributed by atoms with Crippen LogP contribution in [-0.4, -0.2) is 26.9 Å². The molecule has 0 unspecified atom stereocenters. The maximum absolute atomic E-state index is 5.88. The van der Waals surface area contributed by atoms with Crippen molar-refractivity contribution in [2.75, 3.05) is 26.9 Å². The number of benzene rings is 1. The van der Waals surface area contributed by atoms with E-state index in [0.717, 1.165) is 41.7 Å². The highest BCUT2D eigenvalue weighted by molar-refractivity contribution is 5.82. The predicted molar refractivity (Wildman–Crippen MR) is 84.4 cm³/mol. The standard InChI is InChI=1S/C17H25NO3/c1-3-4-9-19-10-11-20-13-15-14-7-5-6-8-16(14)21-17(15)12-18-2/h5-8,18H,3-4,9-13H2,1-2H3. The minimum atomic E-state index is 0.561. The molecule has 1 heterocycles. The molecule has 2 aromatic rings. The van der Waals surface area contributed by atoms with E-state index in [-0.39, 0.29) is 0 Å². The van der Waals surface area contributed by atoms with Crippen molar-refractivity contribution in [1.29, 1.82) is 0 Å². The molecule has 2 rings (SSSR count). The van der Waals surface area contributed by atoms with Gasteiger partial charge in [0.1, 0.15) is 11.3 Å². The Morgan fingerprint density at radius 1 is 1.10 bits per heavy atom. The molecule has 0 aliphatic carbocycles. The van der Waals surface area contributed by atoms with Crippen LogP contribution in [0.2, 0.25) is 0 Å². The summed E-state index contributed by atoms with van der Waals surface area (Å²) in [5.41, 5.74) is 2.05. The molecule has 4 heteroatoms. The molecule has 0 saturated heterocycles. The Bertz CT molecular complexity index is 536. The summed E-state index contributed by atoms with van der Waals surface area (Å²) in [6, 6.07) is 8.08. The average Bonchev–Trinajstić information content (AvgIpc) is 2.84. The molecular weight excluding hydrogens is 266 g/mol. The summed E-state index contributed by atoms with van der Waals surface area (Å²) in [6.45, 7) is 5.51. The quantitative estimate of drug-likeness (QED) is 0.681. The number of rotatable bonds is 10. The maximum Gasteiger partial charge on any atom is 0.134 e. The smallest absolute Gasteiger partial charge is 0.134 e. The van der Waals surface area contributed by atoms with E-state index in [4.69, 9.17) is 13.9 Å². The van der Waals surface area contributed by atoms with E-state index in [2.05, 4.69) is 18.3 Å². The molecule has 0 bridgehead atoms. The van der Waals surface area contributed by atoms with Crippen LogP contribution in [0.25, 0.3) is 11.0 Å². The zero-order valence-electron chi connectivity index (χ0n) is 13.0. The lowest BCUT2D eigenvalue weighted by Gasteiger charge is -2.06. The number of unbranched alkanes of at least 4 members (excludes halogenated alkanes) is 1. The zero-order chi connectivity index (χ0) is 14.9. The van der Waals surface area contributed by atoms with Crippen molar-refractivity contribution in [1.82, 2.24) is 5.32 Å². The molecule has 4 nitrogen and oxygen atoms in total. The summed E-state index contributed by atoms with van der Waals surface area (Å²) < 4.78 is 17.1. The van der Waals surface area contributed by atoms with Crippen molar-refractivity contribution in [2.45, 2.75) is 32.9 Å². The third kappa shape index (κ3) is 4.56. The van der Waals surface area contributed by atoms with E-state index in [1.807, 2.05) is 25.2 Å². The Morgan fingerprint density at radius 2 is 1.90 bits per heavy atom. The van der Waals surface area contributed by atoms with E-state index in [9.17, 15) is 0 Å². The van der Waals surface area contributed by atoms with Crippen molar-refractivity contribution in [3.8, 4) is 0 Å². The summed E-state index contributed by atoms with van der Waals surface area (Å²) in [7, 11) is 1.92. The molecule has 116 valence electrons. The molecule has 0 atom stereocenters. The second-order valence-electron chi connectivity index (χ2n) is 5.05. The highest BCUT2D eigenvalue weighted by Crippen LogP contribution is 2.26. The van der Waals surface area contributed by atoms with Gasteiger partial charge in [-0.1, -0.05) is 31.5 Å². The van der Waals surface area contributed by atoms with Gasteiger partial charge in [0.25, 0.3) is 0 Å². The fourth-order valence-corrected chi connectivity index (χ4v) is 2.25. The molecule has 0 amide bonds. The van der Waals surface area contributed by atoms with Gasteiger partial charge in [0.15, 0.2) is 0 Å². The minimum absolute atomic E-state index is 0.561. The van der Waals surface area contributed by atoms with Crippen LogP contribution < -0.4 is 5.32 Å². The fraction of sp³-hybridized carbons (Fsp3) is 0.529. The lowest BCUT2D eigenvalue weighted by atomic mass is 10.1. The Hall–Kier alpha value is -1.36. The van der Waals surface area contributed by atoms with Crippen molar-refractivity contribution < 1.29 is 13.9 Å². The Labute approximate surface area is 126 Å². The van der Waals surface area contributed by atoms with Gasteiger partial charge in [-0.15, -0.1) is 0 Å². The summed E-state index contributed by atoms with van der Waals surface area (Å²) in [4.78, 5) is 0. The van der Waals surface area contributed by atoms with Crippen LogP contribution in [0.5, 0.6) is 0 Å². The lowest BCUT2D eigenvalue weighted by molar-refractivity contribution is 0.0395. The van der Waals surface area contributed by atoms with E-state index in [0.29, 0.717) is 26.4 Å². The second-order valence-corrected chi connectivity index (χ2v) is 5.05. The van der Waals surface area contributed by atoms with E-state index < -0.39 is 0 Å². The zero-order valence-corrected chi connectivity index (χ0v) is 13.0. The SMILES string of the molecule is CCCCOCCOCc1c(CNC)oc2ccccc12. The largest absolute Gasteiger partial charge is 0.459 e. The Morgan fingerprint density at radius 3 is 2.71 bits per heavy atom. The lowest BCUT2D eigenvalue weighted by Crippen LogP contribution is -2.08. The van der Waals surface area contributed by atoms with Crippen molar-refractivity contribution in [3.63, 3.8) is 0 Å². The molecule has 0 saturated carbocycles. The van der Waals surface area contributed by atoms with Gasteiger partial charge >= 0.3 is 0 Å². The number of fused-ring (bicyclic) bond motifs is 1. The van der Waals surface area contributed by atoms with Gasteiger partial charge in [-0.25, -0.2) is 0 Å². The molecule has 1 N–H and O–H groups in total. The third-order valence-corrected chi connectivity index (χ3v) is 3.38. The fourth-order valence-electron chi connectivity index (χ4n) is 2.25. The van der Waals surface area contributed by atoms with Crippen LogP contribution in [-0.2, 0) is 22.6 Å². The van der Waals surface area contributed by atoms with E-state index >= 15 is 0 Å². The Kier molecular flexibility index (Phi) is 6.73. The average molecular weight is 291 g/mol. The normalized spacial score (nSPS) is 11.3. The van der Waals surface area contributed by atoms with Crippen LogP contribution >= 0.6 is 0 Å². The summed E-state index contributed by atoms with van der Waals surface area (Å²) in [5, 5.41) is 4.27. The topological polar surface area (TPSA) is 43.6 Å². The number of furan rings is 1. The minimum Gasteiger partial charge on any atom is -0.459 e. The number of hydrogen-bond donors (Lipinski definition) is 1. The first-order valence-corrected chi connectivity index (χ1v) is 7.66. The summed E-state index contributed by atoms with van der Waals surface area (Å²) >= 11 is 0. The third-order valence-electron chi connectivity index (χ3n) is 3.38. The van der Waals surface area contributed by atoms with Crippen molar-refractivity contribution >= 4 is 11.0 Å². The monoisotopic (exact) mass is 291 g/mol. The van der Waals surface area contributed by atoms with Gasteiger partial charge in [-0.05, 0) is 19.5 Å². The molecule has 0 aliphatic heterocycles. The van der Waals surface area contributed by atoms with Gasteiger partial charge in [-0.2, -0.15) is 0 Å². The molecule has 0 radical (unpaired) electrons. The highest BCUT2D eigenvalue weighted by atomic mass is 16.5. The van der Waals surface area contributed by atoms with Gasteiger partial charge < -0.3 is 19.2 Å². The van der Waals surface area contributed by atoms with Crippen LogP contribution in [0.1, 0.15) is 31.1 Å². The second kappa shape index (κ2) is 8.82. The number of para-hydroxylation sites is 1. The summed E-state index contributed by atoms with van der Waals surface area (Å²) in [6.07, 6.45) is 2.27. The maximum atomic E-state index is 5.88. The van der Waals surface area contributed by atoms with Crippen molar-refractivity contribution in [3.05, 3.63) is 35.6 Å². The molecule has 1 aromatic carbocycles. The van der Waals surface area contributed by atoms with Gasteiger partial charge in [0.05, 0.1) is 26.4 Å². The van der Waals surface area contributed by atoms with E-state index in [1.54, 1.807) is 0 Å². The predicted octanol–water partition coefficient (Wildman–Crippen LogP) is 3.49. The van der Waals surface area contributed by atoms with Gasteiger partial charge in [0.2, 0.25) is 0 Å². The first kappa shape index (κ1) is 16.0. The van der Waals surface area contributed by atoms with Gasteiger partial charge in [0, 0.05) is 17.6 Å². The first-order valence-electron chi connectivity index (χ1n) is 7.66. The van der Waals surface area contributed by atoms with Gasteiger partial charge in [-0.3, -0.25) is 0 Å². The Balaban J connectivity index is 1.89. The molecule has 1 aromatic heterocycles. The molecule has 21 heavy (non-hydrogen) atoms. The van der Waals surface area contributed by atoms with Crippen LogP contribution in [0.3, 0.4) is 0 Å². The van der Waals surface area contributed by atoms with E-state index in [1.165, 1.54) is 0 Å². The molecule has 0 spiro atoms. The highest BCUT2D eigenvalue weighted by Gasteiger charge is 2.13. The molecular formula is C17H25NO3. The number of hydrogen-bond acceptors (Lipinski definition) is 4. The number of ether oxygens (including phenoxy) is 2. The number of nitrogens with one attached hydrogen (secondary N) is 1. The van der Waals surface area contributed by atoms with Crippen LogP contribution in [0.15, 0.2) is 28.7 Å². The summed E-state index contributed by atoms with van der Waals surface area (Å²) in [5.74, 6) is 0.950. The first-order chi connectivity index (χ1) is 10.4. The van der Waals surface area contributed by atoms with Crippen LogP contribution in [0, 0.1) is 0 Å². The molecule has 0 fully saturated rings.